The van der Waals surface area contributed by atoms with Gasteiger partial charge in [0, 0.05) is 31.7 Å². The Morgan fingerprint density at radius 3 is 2.30 bits per heavy atom. The van der Waals surface area contributed by atoms with Gasteiger partial charge in [-0.15, -0.1) is 0 Å². The predicted molar refractivity (Wildman–Crippen MR) is 78.5 cm³/mol. The number of hydrogen-bond donors (Lipinski definition) is 1. The van der Waals surface area contributed by atoms with Gasteiger partial charge in [0.2, 0.25) is 0 Å². The van der Waals surface area contributed by atoms with E-state index in [0.29, 0.717) is 19.6 Å². The molecular weight excluding hydrogens is 278 g/mol. The molecule has 0 bridgehead atoms. The van der Waals surface area contributed by atoms with Crippen molar-refractivity contribution in [1.82, 2.24) is 8.61 Å². The van der Waals surface area contributed by atoms with Gasteiger partial charge in [-0.1, -0.05) is 6.42 Å². The number of nitrogens with zero attached hydrogens (tertiary/aromatic N) is 2. The molecule has 0 amide bonds. The van der Waals surface area contributed by atoms with Crippen molar-refractivity contribution < 1.29 is 13.2 Å². The fourth-order valence-corrected chi connectivity index (χ4v) is 5.54. The van der Waals surface area contributed by atoms with Crippen LogP contribution in [-0.2, 0) is 14.9 Å². The number of ether oxygens (including phenoxy) is 1. The average molecular weight is 305 g/mol. The van der Waals surface area contributed by atoms with Crippen molar-refractivity contribution in [1.29, 1.82) is 0 Å². The van der Waals surface area contributed by atoms with Crippen molar-refractivity contribution >= 4 is 10.2 Å². The van der Waals surface area contributed by atoms with Crippen LogP contribution in [0, 0.1) is 0 Å². The number of nitrogens with two attached hydrogens (primary N) is 1. The van der Waals surface area contributed by atoms with Crippen molar-refractivity contribution in [2.75, 3.05) is 19.6 Å². The maximum atomic E-state index is 13.0. The highest BCUT2D eigenvalue weighted by Crippen LogP contribution is 2.28. The highest BCUT2D eigenvalue weighted by Gasteiger charge is 2.41. The average Bonchev–Trinajstić information content (AvgIpc) is 2.36. The van der Waals surface area contributed by atoms with E-state index in [-0.39, 0.29) is 24.3 Å². The molecule has 0 aromatic carbocycles. The molecule has 0 spiro atoms. The Bertz CT molecular complexity index is 419. The SMILES string of the molecule is CC1CN(S(=O)(=O)N2C(C)CCCC2CN)CC(C)O1. The standard InChI is InChI=1S/C13H27N3O3S/c1-10-5-4-6-13(7-14)16(10)20(17,18)15-8-11(2)19-12(3)9-15/h10-13H,4-9,14H2,1-3H3. The third-order valence-electron chi connectivity index (χ3n) is 4.20. The van der Waals surface area contributed by atoms with Crippen LogP contribution >= 0.6 is 0 Å². The van der Waals surface area contributed by atoms with Crippen LogP contribution in [0.15, 0.2) is 0 Å². The molecule has 0 radical (unpaired) electrons. The fraction of sp³-hybridized carbons (Fsp3) is 1.00. The van der Waals surface area contributed by atoms with Gasteiger partial charge in [0.15, 0.2) is 0 Å². The second-order valence-electron chi connectivity index (χ2n) is 6.08. The molecule has 2 heterocycles. The molecule has 4 unspecified atom stereocenters. The van der Waals surface area contributed by atoms with E-state index in [1.807, 2.05) is 20.8 Å². The lowest BCUT2D eigenvalue weighted by Crippen LogP contribution is -2.59. The maximum Gasteiger partial charge on any atom is 0.282 e. The summed E-state index contributed by atoms with van der Waals surface area (Å²) >= 11 is 0. The molecule has 2 N–H and O–H groups in total. The molecule has 0 aliphatic carbocycles. The summed E-state index contributed by atoms with van der Waals surface area (Å²) in [6.45, 7) is 7.04. The minimum absolute atomic E-state index is 0.0238. The second-order valence-corrected chi connectivity index (χ2v) is 7.92. The lowest BCUT2D eigenvalue weighted by Gasteiger charge is -2.44. The van der Waals surface area contributed by atoms with Crippen LogP contribution in [0.5, 0.6) is 0 Å². The predicted octanol–water partition coefficient (Wildman–Crippen LogP) is 0.542. The van der Waals surface area contributed by atoms with E-state index in [2.05, 4.69) is 0 Å². The topological polar surface area (TPSA) is 75.9 Å². The van der Waals surface area contributed by atoms with Crippen LogP contribution in [0.1, 0.15) is 40.0 Å². The quantitative estimate of drug-likeness (QED) is 0.826. The van der Waals surface area contributed by atoms with Gasteiger partial charge in [-0.2, -0.15) is 17.0 Å². The third-order valence-corrected chi connectivity index (χ3v) is 6.35. The van der Waals surface area contributed by atoms with Crippen molar-refractivity contribution in [2.24, 2.45) is 5.73 Å². The molecule has 4 atom stereocenters. The van der Waals surface area contributed by atoms with Crippen LogP contribution in [-0.4, -0.2) is 61.0 Å². The minimum atomic E-state index is -3.45. The summed E-state index contributed by atoms with van der Waals surface area (Å²) in [5.41, 5.74) is 5.79. The van der Waals surface area contributed by atoms with Gasteiger partial charge < -0.3 is 10.5 Å². The highest BCUT2D eigenvalue weighted by molar-refractivity contribution is 7.86. The third kappa shape index (κ3) is 3.17. The van der Waals surface area contributed by atoms with E-state index in [1.54, 1.807) is 8.61 Å². The summed E-state index contributed by atoms with van der Waals surface area (Å²) in [4.78, 5) is 0. The van der Waals surface area contributed by atoms with Crippen molar-refractivity contribution in [2.45, 2.75) is 64.3 Å². The largest absolute Gasteiger partial charge is 0.373 e. The Morgan fingerprint density at radius 1 is 1.15 bits per heavy atom. The fourth-order valence-electron chi connectivity index (χ4n) is 3.35. The van der Waals surface area contributed by atoms with E-state index in [9.17, 15) is 8.42 Å². The monoisotopic (exact) mass is 305 g/mol. The number of hydrogen-bond acceptors (Lipinski definition) is 4. The van der Waals surface area contributed by atoms with Gasteiger partial charge in [0.05, 0.1) is 12.2 Å². The molecule has 20 heavy (non-hydrogen) atoms. The Hall–Kier alpha value is -0.210. The first-order valence-electron chi connectivity index (χ1n) is 7.50. The molecule has 6 nitrogen and oxygen atoms in total. The van der Waals surface area contributed by atoms with E-state index < -0.39 is 10.2 Å². The lowest BCUT2D eigenvalue weighted by molar-refractivity contribution is -0.0464. The molecule has 0 saturated carbocycles. The Labute approximate surface area is 122 Å². The van der Waals surface area contributed by atoms with Crippen LogP contribution in [0.2, 0.25) is 0 Å². The van der Waals surface area contributed by atoms with Gasteiger partial charge >= 0.3 is 0 Å². The van der Waals surface area contributed by atoms with Crippen LogP contribution in [0.3, 0.4) is 0 Å². The Kier molecular flexibility index (Phi) is 5.07. The van der Waals surface area contributed by atoms with E-state index in [0.717, 1.165) is 19.3 Å². The molecule has 2 saturated heterocycles. The normalized spacial score (nSPS) is 38.0. The smallest absolute Gasteiger partial charge is 0.282 e. The Balaban J connectivity index is 2.23. The first kappa shape index (κ1) is 16.2. The van der Waals surface area contributed by atoms with E-state index in [4.69, 9.17) is 10.5 Å². The Morgan fingerprint density at radius 2 is 1.75 bits per heavy atom. The zero-order valence-corrected chi connectivity index (χ0v) is 13.5. The van der Waals surface area contributed by atoms with Crippen molar-refractivity contribution in [3.05, 3.63) is 0 Å². The van der Waals surface area contributed by atoms with Crippen molar-refractivity contribution in [3.63, 3.8) is 0 Å². The zero-order chi connectivity index (χ0) is 14.9. The molecule has 0 aromatic rings. The molecule has 2 rings (SSSR count). The molecule has 2 aliphatic heterocycles. The number of morpholine rings is 1. The van der Waals surface area contributed by atoms with Gasteiger partial charge in [-0.25, -0.2) is 0 Å². The first-order valence-corrected chi connectivity index (χ1v) is 8.90. The van der Waals surface area contributed by atoms with Gasteiger partial charge in [-0.05, 0) is 33.6 Å². The molecule has 118 valence electrons. The maximum absolute atomic E-state index is 13.0. The van der Waals surface area contributed by atoms with E-state index in [1.165, 1.54) is 0 Å². The molecular formula is C13H27N3O3S. The summed E-state index contributed by atoms with van der Waals surface area (Å²) in [6.07, 6.45) is 2.68. The summed E-state index contributed by atoms with van der Waals surface area (Å²) in [7, 11) is -3.45. The zero-order valence-electron chi connectivity index (χ0n) is 12.7. The van der Waals surface area contributed by atoms with Gasteiger partial charge in [0.25, 0.3) is 10.2 Å². The van der Waals surface area contributed by atoms with Crippen LogP contribution in [0.25, 0.3) is 0 Å². The van der Waals surface area contributed by atoms with Gasteiger partial charge in [-0.3, -0.25) is 0 Å². The van der Waals surface area contributed by atoms with Gasteiger partial charge in [0.1, 0.15) is 0 Å². The molecule has 0 aromatic heterocycles. The molecule has 2 fully saturated rings. The number of rotatable bonds is 3. The molecule has 2 aliphatic rings. The van der Waals surface area contributed by atoms with Crippen molar-refractivity contribution in [3.8, 4) is 0 Å². The summed E-state index contributed by atoms with van der Waals surface area (Å²) in [6, 6.07) is -0.0482. The summed E-state index contributed by atoms with van der Waals surface area (Å²) < 4.78 is 34.7. The highest BCUT2D eigenvalue weighted by atomic mass is 32.2. The van der Waals surface area contributed by atoms with Crippen LogP contribution < -0.4 is 5.73 Å². The molecule has 7 heteroatoms. The van der Waals surface area contributed by atoms with Crippen LogP contribution in [0.4, 0.5) is 0 Å². The summed E-state index contributed by atoms with van der Waals surface area (Å²) in [5, 5.41) is 0. The number of piperidine rings is 1. The lowest BCUT2D eigenvalue weighted by atomic mass is 10.00. The minimum Gasteiger partial charge on any atom is -0.373 e. The first-order chi connectivity index (χ1) is 9.36. The summed E-state index contributed by atoms with van der Waals surface area (Å²) in [5.74, 6) is 0. The second kappa shape index (κ2) is 6.27. The van der Waals surface area contributed by atoms with E-state index >= 15 is 0 Å².